The second-order valence-corrected chi connectivity index (χ2v) is 6.74. The van der Waals surface area contributed by atoms with Gasteiger partial charge in [0.1, 0.15) is 5.82 Å². The Morgan fingerprint density at radius 3 is 2.81 bits per heavy atom. The Morgan fingerprint density at radius 2 is 2.14 bits per heavy atom. The van der Waals surface area contributed by atoms with E-state index in [1.807, 2.05) is 0 Å². The van der Waals surface area contributed by atoms with Crippen LogP contribution < -0.4 is 10.2 Å². The van der Waals surface area contributed by atoms with Gasteiger partial charge in [0, 0.05) is 24.8 Å². The van der Waals surface area contributed by atoms with E-state index in [1.165, 1.54) is 55.7 Å². The van der Waals surface area contributed by atoms with Gasteiger partial charge >= 0.3 is 0 Å². The van der Waals surface area contributed by atoms with Crippen LogP contribution in [0.4, 0.5) is 5.82 Å². The Hall–Kier alpha value is -1.09. The van der Waals surface area contributed by atoms with Crippen molar-refractivity contribution in [3.05, 3.63) is 23.4 Å². The minimum absolute atomic E-state index is 0.760. The topological polar surface area (TPSA) is 28.2 Å². The van der Waals surface area contributed by atoms with E-state index < -0.39 is 0 Å². The minimum atomic E-state index is 0.760. The summed E-state index contributed by atoms with van der Waals surface area (Å²) in [5, 5.41) is 3.53. The number of aromatic nitrogens is 1. The molecule has 1 aromatic rings. The van der Waals surface area contributed by atoms with Gasteiger partial charge in [-0.25, -0.2) is 4.98 Å². The summed E-state index contributed by atoms with van der Waals surface area (Å²) in [4.78, 5) is 7.53. The third-order valence-electron chi connectivity index (χ3n) is 4.89. The lowest BCUT2D eigenvalue weighted by Gasteiger charge is -2.29. The molecule has 2 bridgehead atoms. The van der Waals surface area contributed by atoms with Crippen molar-refractivity contribution in [3.8, 4) is 0 Å². The second kappa shape index (κ2) is 6.78. The van der Waals surface area contributed by atoms with E-state index in [-0.39, 0.29) is 0 Å². The lowest BCUT2D eigenvalue weighted by atomic mass is 10.1. The minimum Gasteiger partial charge on any atom is -0.353 e. The molecular weight excluding hydrogens is 258 g/mol. The number of aryl methyl sites for hydroxylation is 1. The van der Waals surface area contributed by atoms with Crippen molar-refractivity contribution in [2.45, 2.75) is 65.0 Å². The predicted octanol–water partition coefficient (Wildman–Crippen LogP) is 3.52. The fraction of sp³-hybridized carbons (Fsp3) is 0.722. The molecule has 3 heteroatoms. The highest BCUT2D eigenvalue weighted by Crippen LogP contribution is 2.39. The van der Waals surface area contributed by atoms with Crippen LogP contribution in [-0.2, 0) is 13.0 Å². The molecule has 0 amide bonds. The number of piperidine rings is 1. The Labute approximate surface area is 129 Å². The Balaban J connectivity index is 1.77. The summed E-state index contributed by atoms with van der Waals surface area (Å²) in [6.07, 6.45) is 7.65. The highest BCUT2D eigenvalue weighted by atomic mass is 15.2. The maximum atomic E-state index is 4.95. The number of anilines is 1. The van der Waals surface area contributed by atoms with Crippen molar-refractivity contribution in [2.24, 2.45) is 5.92 Å². The molecular formula is C18H29N3. The molecule has 116 valence electrons. The molecule has 0 aromatic carbocycles. The van der Waals surface area contributed by atoms with Gasteiger partial charge in [-0.15, -0.1) is 0 Å². The average Bonchev–Trinajstić information content (AvgIpc) is 3.10. The molecule has 1 aliphatic carbocycles. The first-order valence-corrected chi connectivity index (χ1v) is 8.77. The molecule has 1 saturated carbocycles. The van der Waals surface area contributed by atoms with Crippen molar-refractivity contribution in [1.82, 2.24) is 10.3 Å². The van der Waals surface area contributed by atoms with Crippen LogP contribution in [0.3, 0.4) is 0 Å². The van der Waals surface area contributed by atoms with Crippen LogP contribution in [0.1, 0.15) is 57.2 Å². The second-order valence-electron chi connectivity index (χ2n) is 6.74. The molecule has 0 spiro atoms. The number of fused-ring (bicyclic) bond motifs is 2. The largest absolute Gasteiger partial charge is 0.353 e. The maximum Gasteiger partial charge on any atom is 0.129 e. The Kier molecular flexibility index (Phi) is 4.79. The molecule has 1 aromatic heterocycles. The monoisotopic (exact) mass is 287 g/mol. The molecule has 0 radical (unpaired) electrons. The fourth-order valence-corrected chi connectivity index (χ4v) is 3.88. The third-order valence-corrected chi connectivity index (χ3v) is 4.89. The van der Waals surface area contributed by atoms with Crippen LogP contribution in [0.25, 0.3) is 0 Å². The van der Waals surface area contributed by atoms with Gasteiger partial charge in [0.25, 0.3) is 0 Å². The van der Waals surface area contributed by atoms with E-state index in [4.69, 9.17) is 4.98 Å². The fourth-order valence-electron chi connectivity index (χ4n) is 3.88. The molecule has 2 fully saturated rings. The van der Waals surface area contributed by atoms with Gasteiger partial charge in [-0.05, 0) is 62.3 Å². The first-order valence-electron chi connectivity index (χ1n) is 8.77. The van der Waals surface area contributed by atoms with Crippen LogP contribution in [0.5, 0.6) is 0 Å². The zero-order valence-corrected chi connectivity index (χ0v) is 13.6. The highest BCUT2D eigenvalue weighted by molar-refractivity contribution is 5.46. The van der Waals surface area contributed by atoms with Gasteiger partial charge in [-0.1, -0.05) is 20.3 Å². The molecule has 1 N–H and O–H groups in total. The number of hydrogen-bond donors (Lipinski definition) is 1. The molecule has 2 heterocycles. The van der Waals surface area contributed by atoms with E-state index >= 15 is 0 Å². The summed E-state index contributed by atoms with van der Waals surface area (Å²) in [6.45, 7) is 7.75. The lowest BCUT2D eigenvalue weighted by molar-refractivity contribution is 0.549. The normalized spacial score (nSPS) is 24.0. The molecule has 1 saturated heterocycles. The Morgan fingerprint density at radius 1 is 1.24 bits per heavy atom. The van der Waals surface area contributed by atoms with Gasteiger partial charge in [0.05, 0.1) is 0 Å². The smallest absolute Gasteiger partial charge is 0.129 e. The molecule has 2 aliphatic rings. The third kappa shape index (κ3) is 3.39. The molecule has 3 nitrogen and oxygen atoms in total. The quantitative estimate of drug-likeness (QED) is 0.778. The maximum absolute atomic E-state index is 4.95. The van der Waals surface area contributed by atoms with Crippen molar-refractivity contribution in [1.29, 1.82) is 0 Å². The van der Waals surface area contributed by atoms with Crippen LogP contribution >= 0.6 is 0 Å². The summed E-state index contributed by atoms with van der Waals surface area (Å²) in [5.74, 6) is 2.16. The van der Waals surface area contributed by atoms with Gasteiger partial charge in [0.15, 0.2) is 0 Å². The van der Waals surface area contributed by atoms with Gasteiger partial charge < -0.3 is 10.2 Å². The summed E-state index contributed by atoms with van der Waals surface area (Å²) in [7, 11) is 0. The molecule has 2 unspecified atom stereocenters. The SMILES string of the molecule is CCCNCc1cc(CCC)nc(N2CC3CCC2C3)c1. The summed E-state index contributed by atoms with van der Waals surface area (Å²) in [6, 6.07) is 5.38. The first kappa shape index (κ1) is 14.8. The number of nitrogens with zero attached hydrogens (tertiary/aromatic N) is 2. The first-order chi connectivity index (χ1) is 10.3. The number of nitrogens with one attached hydrogen (secondary N) is 1. The zero-order valence-electron chi connectivity index (χ0n) is 13.6. The molecule has 3 rings (SSSR count). The van der Waals surface area contributed by atoms with Crippen LogP contribution in [0, 0.1) is 5.92 Å². The van der Waals surface area contributed by atoms with Gasteiger partial charge in [-0.3, -0.25) is 0 Å². The van der Waals surface area contributed by atoms with E-state index in [0.717, 1.165) is 31.5 Å². The van der Waals surface area contributed by atoms with Crippen molar-refractivity contribution >= 4 is 5.82 Å². The molecule has 2 atom stereocenters. The van der Waals surface area contributed by atoms with Crippen LogP contribution in [0.2, 0.25) is 0 Å². The van der Waals surface area contributed by atoms with E-state index in [9.17, 15) is 0 Å². The number of hydrogen-bond acceptors (Lipinski definition) is 3. The lowest BCUT2D eigenvalue weighted by Crippen LogP contribution is -2.33. The van der Waals surface area contributed by atoms with Crippen molar-refractivity contribution in [2.75, 3.05) is 18.0 Å². The van der Waals surface area contributed by atoms with Crippen LogP contribution in [0.15, 0.2) is 12.1 Å². The van der Waals surface area contributed by atoms with E-state index in [2.05, 4.69) is 36.2 Å². The zero-order chi connectivity index (χ0) is 14.7. The average molecular weight is 287 g/mol. The summed E-state index contributed by atoms with van der Waals surface area (Å²) >= 11 is 0. The number of rotatable bonds is 7. The highest BCUT2D eigenvalue weighted by Gasteiger charge is 2.38. The van der Waals surface area contributed by atoms with E-state index in [0.29, 0.717) is 0 Å². The summed E-state index contributed by atoms with van der Waals surface area (Å²) < 4.78 is 0. The van der Waals surface area contributed by atoms with Gasteiger partial charge in [0.2, 0.25) is 0 Å². The van der Waals surface area contributed by atoms with Crippen LogP contribution in [-0.4, -0.2) is 24.1 Å². The van der Waals surface area contributed by atoms with Gasteiger partial charge in [-0.2, -0.15) is 0 Å². The van der Waals surface area contributed by atoms with Crippen molar-refractivity contribution < 1.29 is 0 Å². The standard InChI is InChI=1S/C18H29N3/c1-3-5-16-9-15(12-19-8-4-2)11-18(20-16)21-13-14-6-7-17(21)10-14/h9,11,14,17,19H,3-8,10,12-13H2,1-2H3. The summed E-state index contributed by atoms with van der Waals surface area (Å²) in [5.41, 5.74) is 2.67. The van der Waals surface area contributed by atoms with E-state index in [1.54, 1.807) is 0 Å². The molecule has 1 aliphatic heterocycles. The Bertz CT molecular complexity index is 472. The predicted molar refractivity (Wildman–Crippen MR) is 88.7 cm³/mol. The molecule has 21 heavy (non-hydrogen) atoms. The van der Waals surface area contributed by atoms with Crippen molar-refractivity contribution in [3.63, 3.8) is 0 Å². The number of pyridine rings is 1.